The maximum Gasteiger partial charge on any atom is 0.340 e. The van der Waals surface area contributed by atoms with E-state index in [1.807, 2.05) is 0 Å². The first-order valence-corrected chi connectivity index (χ1v) is 6.38. The molecule has 0 saturated carbocycles. The number of hydrogen-bond acceptors (Lipinski definition) is 6. The van der Waals surface area contributed by atoms with E-state index in [9.17, 15) is 14.1 Å². The van der Waals surface area contributed by atoms with Crippen molar-refractivity contribution < 1.29 is 13.9 Å². The lowest BCUT2D eigenvalue weighted by molar-refractivity contribution is 0.0595. The number of anilines is 1. The third-order valence-electron chi connectivity index (χ3n) is 3.29. The van der Waals surface area contributed by atoms with Gasteiger partial charge in [-0.25, -0.2) is 9.18 Å². The van der Waals surface area contributed by atoms with E-state index in [-0.39, 0.29) is 17.3 Å². The largest absolute Gasteiger partial charge is 0.465 e. The van der Waals surface area contributed by atoms with Gasteiger partial charge < -0.3 is 15.4 Å². The number of nitrogens with one attached hydrogen (secondary N) is 2. The van der Waals surface area contributed by atoms with E-state index < -0.39 is 11.8 Å². The van der Waals surface area contributed by atoms with Crippen LogP contribution in [0.5, 0.6) is 0 Å². The van der Waals surface area contributed by atoms with Crippen molar-refractivity contribution in [2.75, 3.05) is 25.5 Å². The van der Waals surface area contributed by atoms with E-state index in [1.165, 1.54) is 0 Å². The fourth-order valence-electron chi connectivity index (χ4n) is 2.21. The zero-order chi connectivity index (χ0) is 14.5. The van der Waals surface area contributed by atoms with Gasteiger partial charge in [-0.1, -0.05) is 0 Å². The van der Waals surface area contributed by atoms with E-state index in [0.29, 0.717) is 5.69 Å². The van der Waals surface area contributed by atoms with Gasteiger partial charge in [-0.2, -0.15) is 0 Å². The lowest BCUT2D eigenvalue weighted by Crippen LogP contribution is -2.35. The fraction of sp³-hybridized carbons (Fsp3) is 0.462. The molecule has 0 atom stereocenters. The Morgan fingerprint density at radius 3 is 2.75 bits per heavy atom. The molecule has 0 amide bonds. The molecule has 0 radical (unpaired) electrons. The van der Waals surface area contributed by atoms with Crippen molar-refractivity contribution in [1.82, 2.24) is 5.32 Å². The molecule has 1 aromatic carbocycles. The number of benzene rings is 1. The molecule has 108 valence electrons. The molecule has 2 rings (SSSR count). The molecule has 2 N–H and O–H groups in total. The normalized spacial score (nSPS) is 15.7. The SMILES string of the molecule is COC(=O)c1cc(N=O)c(NC2CCNCC2)cc1F. The third-order valence-corrected chi connectivity index (χ3v) is 3.29. The van der Waals surface area contributed by atoms with Gasteiger partial charge in [-0.15, -0.1) is 4.91 Å². The summed E-state index contributed by atoms with van der Waals surface area (Å²) in [5.74, 6) is -1.57. The molecule has 20 heavy (non-hydrogen) atoms. The number of carbonyl (C=O) groups excluding carboxylic acids is 1. The van der Waals surface area contributed by atoms with Crippen LogP contribution in [-0.4, -0.2) is 32.2 Å². The Morgan fingerprint density at radius 1 is 1.45 bits per heavy atom. The summed E-state index contributed by atoms with van der Waals surface area (Å²) in [6.07, 6.45) is 1.75. The maximum absolute atomic E-state index is 13.9. The van der Waals surface area contributed by atoms with Crippen molar-refractivity contribution in [1.29, 1.82) is 0 Å². The molecule has 0 aliphatic carbocycles. The first-order chi connectivity index (χ1) is 9.65. The molecule has 0 spiro atoms. The molecule has 0 aromatic heterocycles. The topological polar surface area (TPSA) is 79.8 Å². The summed E-state index contributed by atoms with van der Waals surface area (Å²) in [6.45, 7) is 1.73. The zero-order valence-corrected chi connectivity index (χ0v) is 11.1. The molecule has 7 heteroatoms. The monoisotopic (exact) mass is 281 g/mol. The predicted octanol–water partition coefficient (Wildman–Crippen LogP) is 2.17. The summed E-state index contributed by atoms with van der Waals surface area (Å²) in [5.41, 5.74) is 0.0142. The second-order valence-electron chi connectivity index (χ2n) is 4.60. The lowest BCUT2D eigenvalue weighted by atomic mass is 10.1. The second-order valence-corrected chi connectivity index (χ2v) is 4.60. The van der Waals surface area contributed by atoms with Gasteiger partial charge in [0, 0.05) is 12.1 Å². The summed E-state index contributed by atoms with van der Waals surface area (Å²) >= 11 is 0. The van der Waals surface area contributed by atoms with Crippen molar-refractivity contribution in [3.05, 3.63) is 28.4 Å². The molecule has 0 bridgehead atoms. The van der Waals surface area contributed by atoms with E-state index in [4.69, 9.17) is 0 Å². The minimum absolute atomic E-state index is 0.00494. The Bertz CT molecular complexity index is 516. The number of rotatable bonds is 4. The van der Waals surface area contributed by atoms with E-state index in [2.05, 4.69) is 20.5 Å². The minimum Gasteiger partial charge on any atom is -0.465 e. The third kappa shape index (κ3) is 3.11. The number of methoxy groups -OCH3 is 1. The number of hydrogen-bond donors (Lipinski definition) is 2. The summed E-state index contributed by atoms with van der Waals surface area (Å²) in [4.78, 5) is 22.2. The summed E-state index contributed by atoms with van der Waals surface area (Å²) in [5, 5.41) is 9.16. The van der Waals surface area contributed by atoms with E-state index >= 15 is 0 Å². The van der Waals surface area contributed by atoms with Gasteiger partial charge in [0.15, 0.2) is 0 Å². The van der Waals surface area contributed by atoms with Crippen molar-refractivity contribution in [3.8, 4) is 0 Å². The number of nitrogens with zero attached hydrogens (tertiary/aromatic N) is 1. The van der Waals surface area contributed by atoms with Crippen LogP contribution in [-0.2, 0) is 4.74 Å². The van der Waals surface area contributed by atoms with Crippen molar-refractivity contribution >= 4 is 17.3 Å². The first-order valence-electron chi connectivity index (χ1n) is 6.38. The van der Waals surface area contributed by atoms with Gasteiger partial charge in [-0.3, -0.25) is 0 Å². The standard InChI is InChI=1S/C13H16FN3O3/c1-20-13(18)9-6-12(17-19)11(7-10(9)14)16-8-2-4-15-5-3-8/h6-8,15-16H,2-5H2,1H3. The van der Waals surface area contributed by atoms with Crippen LogP contribution in [0.4, 0.5) is 15.8 Å². The molecular formula is C13H16FN3O3. The van der Waals surface area contributed by atoms with Gasteiger partial charge in [-0.05, 0) is 37.2 Å². The highest BCUT2D eigenvalue weighted by atomic mass is 19.1. The molecule has 6 nitrogen and oxygen atoms in total. The molecule has 1 heterocycles. The van der Waals surface area contributed by atoms with Crippen LogP contribution in [0, 0.1) is 10.7 Å². The Kier molecular flexibility index (Phi) is 4.62. The van der Waals surface area contributed by atoms with Gasteiger partial charge in [0.1, 0.15) is 11.5 Å². The maximum atomic E-state index is 13.9. The van der Waals surface area contributed by atoms with E-state index in [1.54, 1.807) is 0 Å². The average molecular weight is 281 g/mol. The van der Waals surface area contributed by atoms with Crippen LogP contribution in [0.1, 0.15) is 23.2 Å². The number of piperidine rings is 1. The summed E-state index contributed by atoms with van der Waals surface area (Å²) in [7, 11) is 1.15. The Morgan fingerprint density at radius 2 is 2.15 bits per heavy atom. The molecule has 1 saturated heterocycles. The van der Waals surface area contributed by atoms with Crippen LogP contribution in [0.2, 0.25) is 0 Å². The molecular weight excluding hydrogens is 265 g/mol. The van der Waals surface area contributed by atoms with Gasteiger partial charge in [0.05, 0.1) is 18.4 Å². The van der Waals surface area contributed by atoms with Crippen LogP contribution in [0.15, 0.2) is 17.3 Å². The van der Waals surface area contributed by atoms with E-state index in [0.717, 1.165) is 45.2 Å². The quantitative estimate of drug-likeness (QED) is 0.653. The number of carbonyl (C=O) groups is 1. The lowest BCUT2D eigenvalue weighted by Gasteiger charge is -2.25. The molecule has 0 unspecified atom stereocenters. The molecule has 1 aliphatic rings. The Labute approximate surface area is 115 Å². The van der Waals surface area contributed by atoms with Crippen molar-refractivity contribution in [3.63, 3.8) is 0 Å². The second kappa shape index (κ2) is 6.42. The first kappa shape index (κ1) is 14.4. The van der Waals surface area contributed by atoms with Crippen LogP contribution in [0.25, 0.3) is 0 Å². The molecule has 1 aromatic rings. The predicted molar refractivity (Wildman–Crippen MR) is 72.7 cm³/mol. The van der Waals surface area contributed by atoms with Gasteiger partial charge in [0.25, 0.3) is 0 Å². The zero-order valence-electron chi connectivity index (χ0n) is 11.1. The fourth-order valence-corrected chi connectivity index (χ4v) is 2.21. The van der Waals surface area contributed by atoms with Crippen molar-refractivity contribution in [2.45, 2.75) is 18.9 Å². The Balaban J connectivity index is 2.26. The van der Waals surface area contributed by atoms with Crippen molar-refractivity contribution in [2.24, 2.45) is 5.18 Å². The minimum atomic E-state index is -0.833. The Hall–Kier alpha value is -2.02. The van der Waals surface area contributed by atoms with Crippen LogP contribution >= 0.6 is 0 Å². The highest BCUT2D eigenvalue weighted by Gasteiger charge is 2.19. The highest BCUT2D eigenvalue weighted by molar-refractivity contribution is 5.92. The average Bonchev–Trinajstić information content (AvgIpc) is 2.48. The molecule has 1 aliphatic heterocycles. The number of nitroso groups, excluding NO2 is 1. The van der Waals surface area contributed by atoms with Gasteiger partial charge in [0.2, 0.25) is 0 Å². The smallest absolute Gasteiger partial charge is 0.340 e. The number of ether oxygens (including phenoxy) is 1. The number of halogens is 1. The van der Waals surface area contributed by atoms with Crippen LogP contribution < -0.4 is 10.6 Å². The van der Waals surface area contributed by atoms with Crippen LogP contribution in [0.3, 0.4) is 0 Å². The molecule has 1 fully saturated rings. The number of esters is 1. The van der Waals surface area contributed by atoms with Gasteiger partial charge >= 0.3 is 5.97 Å². The summed E-state index contributed by atoms with van der Waals surface area (Å²) < 4.78 is 18.3. The summed E-state index contributed by atoms with van der Waals surface area (Å²) in [6, 6.07) is 2.38. The highest BCUT2D eigenvalue weighted by Crippen LogP contribution is 2.30.